The molecule has 1 aliphatic heterocycles. The van der Waals surface area contributed by atoms with E-state index in [0.29, 0.717) is 13.0 Å². The van der Waals surface area contributed by atoms with Gasteiger partial charge in [0.1, 0.15) is 0 Å². The van der Waals surface area contributed by atoms with Gasteiger partial charge < -0.3 is 15.2 Å². The third-order valence-electron chi connectivity index (χ3n) is 3.60. The number of fused-ring (bicyclic) bond motifs is 3. The molecule has 4 rings (SSSR count). The number of pyridine rings is 2. The van der Waals surface area contributed by atoms with Gasteiger partial charge in [0.25, 0.3) is 0 Å². The van der Waals surface area contributed by atoms with E-state index in [1.807, 2.05) is 12.1 Å². The Morgan fingerprint density at radius 1 is 1.04 bits per heavy atom. The molecule has 0 spiro atoms. The van der Waals surface area contributed by atoms with Gasteiger partial charge in [-0.2, -0.15) is 0 Å². The maximum Gasteiger partial charge on any atom is 2.00 e. The Labute approximate surface area is 144 Å². The summed E-state index contributed by atoms with van der Waals surface area (Å²) in [5.41, 5.74) is 1.95. The van der Waals surface area contributed by atoms with Gasteiger partial charge in [0.05, 0.1) is 11.0 Å². The molecule has 3 aromatic rings. The molecule has 6 heteroatoms. The van der Waals surface area contributed by atoms with Crippen LogP contribution in [0, 0.1) is 0 Å². The summed E-state index contributed by atoms with van der Waals surface area (Å²) >= 11 is 0. The first kappa shape index (κ1) is 17.3. The predicted octanol–water partition coefficient (Wildman–Crippen LogP) is 2.05. The van der Waals surface area contributed by atoms with E-state index in [1.54, 1.807) is 12.4 Å². The number of benzene rings is 1. The van der Waals surface area contributed by atoms with Crippen molar-refractivity contribution in [1.29, 1.82) is 0 Å². The summed E-state index contributed by atoms with van der Waals surface area (Å²) in [7, 11) is 0. The summed E-state index contributed by atoms with van der Waals surface area (Å²) in [5, 5.41) is 16.0. The topological polar surface area (TPSA) is 80.0 Å². The molecule has 1 fully saturated rings. The summed E-state index contributed by atoms with van der Waals surface area (Å²) in [6.07, 6.45) is 5.17. The average molecular weight is 357 g/mol. The Hall–Kier alpha value is -2.01. The molecule has 1 aromatic carbocycles. The van der Waals surface area contributed by atoms with Gasteiger partial charge in [-0.1, -0.05) is 43.1 Å². The van der Waals surface area contributed by atoms with E-state index in [-0.39, 0.29) is 17.1 Å². The van der Waals surface area contributed by atoms with Crippen LogP contribution >= 0.6 is 0 Å². The predicted molar refractivity (Wildman–Crippen MR) is 83.3 cm³/mol. The van der Waals surface area contributed by atoms with E-state index >= 15 is 0 Å². The van der Waals surface area contributed by atoms with Crippen molar-refractivity contribution in [2.24, 2.45) is 0 Å². The van der Waals surface area contributed by atoms with Crippen molar-refractivity contribution in [1.82, 2.24) is 9.97 Å². The van der Waals surface area contributed by atoms with Crippen LogP contribution in [0.2, 0.25) is 0 Å². The number of carbonyl (C=O) groups excluding carboxylic acids is 1. The van der Waals surface area contributed by atoms with Gasteiger partial charge in [-0.3, -0.25) is 9.97 Å². The average Bonchev–Trinajstić information content (AvgIpc) is 3.10. The Balaban J connectivity index is 0.000000185. The summed E-state index contributed by atoms with van der Waals surface area (Å²) < 4.78 is 0. The fourth-order valence-corrected chi connectivity index (χ4v) is 2.50. The number of carbonyl (C=O) groups is 1. The van der Waals surface area contributed by atoms with E-state index < -0.39 is 12.0 Å². The molecule has 1 unspecified atom stereocenters. The minimum Gasteiger partial charge on any atom is -0.655 e. The molecule has 0 N–H and O–H groups in total. The Morgan fingerprint density at radius 3 is 2.00 bits per heavy atom. The third kappa shape index (κ3) is 4.05. The van der Waals surface area contributed by atoms with Crippen LogP contribution in [0.4, 0.5) is 0 Å². The Kier molecular flexibility index (Phi) is 6.04. The van der Waals surface area contributed by atoms with Crippen molar-refractivity contribution in [2.45, 2.75) is 18.9 Å². The maximum atomic E-state index is 10.00. The quantitative estimate of drug-likeness (QED) is 0.493. The smallest absolute Gasteiger partial charge is 0.655 e. The van der Waals surface area contributed by atoms with E-state index in [9.17, 15) is 9.90 Å². The zero-order chi connectivity index (χ0) is 15.4. The van der Waals surface area contributed by atoms with Gasteiger partial charge in [-0.05, 0) is 12.1 Å². The molecule has 0 saturated carbocycles. The van der Waals surface area contributed by atoms with Crippen molar-refractivity contribution in [2.75, 3.05) is 6.54 Å². The molecule has 1 saturated heterocycles. The fourth-order valence-electron chi connectivity index (χ4n) is 2.50. The molecular formula is C17H15CuN3O2. The SMILES string of the molecule is O=C([O-])C1CCC[N-]1.[Cu+2].c1cnc2c(c1)ccc1cccnc12. The number of aromatic nitrogens is 2. The number of carboxylic acid groups (broad SMARTS) is 1. The van der Waals surface area contributed by atoms with E-state index in [2.05, 4.69) is 39.6 Å². The first-order valence-electron chi connectivity index (χ1n) is 7.21. The minimum atomic E-state index is -1.03. The molecule has 0 amide bonds. The summed E-state index contributed by atoms with van der Waals surface area (Å²) in [6, 6.07) is 11.6. The molecule has 0 bridgehead atoms. The second-order valence-electron chi connectivity index (χ2n) is 5.10. The van der Waals surface area contributed by atoms with Crippen LogP contribution in [-0.2, 0) is 21.9 Å². The molecule has 23 heavy (non-hydrogen) atoms. The van der Waals surface area contributed by atoms with Crippen molar-refractivity contribution in [3.05, 3.63) is 54.1 Å². The maximum absolute atomic E-state index is 10.00. The standard InChI is InChI=1S/C12H8N2.C5H8NO2.Cu/c1-3-9-5-6-10-4-2-8-14-12(10)11(9)13-7-1;7-5(8)4-2-1-3-6-4;/h1-8H;4H,1-3H2,(H,7,8);/q;-1;+2/p-1. The minimum absolute atomic E-state index is 0. The summed E-state index contributed by atoms with van der Waals surface area (Å²) in [4.78, 5) is 18.7. The van der Waals surface area contributed by atoms with Crippen LogP contribution in [0.3, 0.4) is 0 Å². The molecule has 121 valence electrons. The van der Waals surface area contributed by atoms with Crippen LogP contribution in [0.1, 0.15) is 12.8 Å². The van der Waals surface area contributed by atoms with Crippen LogP contribution in [0.5, 0.6) is 0 Å². The van der Waals surface area contributed by atoms with Crippen LogP contribution < -0.4 is 5.11 Å². The van der Waals surface area contributed by atoms with Crippen LogP contribution in [-0.4, -0.2) is 28.5 Å². The number of hydrogen-bond acceptors (Lipinski definition) is 4. The number of carboxylic acids is 1. The number of aliphatic carboxylic acids is 1. The van der Waals surface area contributed by atoms with Crippen molar-refractivity contribution in [3.8, 4) is 0 Å². The molecule has 1 aliphatic rings. The van der Waals surface area contributed by atoms with E-state index in [0.717, 1.165) is 28.2 Å². The summed E-state index contributed by atoms with van der Waals surface area (Å²) in [6.45, 7) is 0.693. The zero-order valence-electron chi connectivity index (χ0n) is 12.3. The Bertz CT molecular complexity index is 749. The first-order chi connectivity index (χ1) is 10.8. The molecule has 1 atom stereocenters. The molecule has 3 heterocycles. The van der Waals surface area contributed by atoms with Gasteiger partial charge in [0, 0.05) is 29.1 Å². The van der Waals surface area contributed by atoms with E-state index in [4.69, 9.17) is 0 Å². The van der Waals surface area contributed by atoms with Crippen molar-refractivity contribution >= 4 is 27.8 Å². The largest absolute Gasteiger partial charge is 2.00 e. The van der Waals surface area contributed by atoms with E-state index in [1.165, 1.54) is 0 Å². The number of nitrogens with zero attached hydrogens (tertiary/aromatic N) is 3. The normalized spacial score (nSPS) is 16.4. The molecule has 2 aromatic heterocycles. The van der Waals surface area contributed by atoms with Crippen molar-refractivity contribution < 1.29 is 27.0 Å². The van der Waals surface area contributed by atoms with Gasteiger partial charge in [-0.25, -0.2) is 0 Å². The van der Waals surface area contributed by atoms with Gasteiger partial charge in [0.15, 0.2) is 0 Å². The van der Waals surface area contributed by atoms with Gasteiger partial charge >= 0.3 is 17.1 Å². The van der Waals surface area contributed by atoms with Gasteiger partial charge in [-0.15, -0.1) is 6.54 Å². The summed E-state index contributed by atoms with van der Waals surface area (Å²) in [5.74, 6) is -1.03. The fraction of sp³-hybridized carbons (Fsp3) is 0.235. The van der Waals surface area contributed by atoms with Crippen LogP contribution in [0.15, 0.2) is 48.8 Å². The zero-order valence-corrected chi connectivity index (χ0v) is 13.2. The van der Waals surface area contributed by atoms with Gasteiger partial charge in [0.2, 0.25) is 0 Å². The molecule has 1 radical (unpaired) electrons. The second kappa shape index (κ2) is 8.01. The molecular weight excluding hydrogens is 342 g/mol. The third-order valence-corrected chi connectivity index (χ3v) is 3.60. The Morgan fingerprint density at radius 2 is 1.61 bits per heavy atom. The second-order valence-corrected chi connectivity index (χ2v) is 5.10. The number of hydrogen-bond donors (Lipinski definition) is 0. The number of rotatable bonds is 1. The van der Waals surface area contributed by atoms with Crippen LogP contribution in [0.25, 0.3) is 27.1 Å². The monoisotopic (exact) mass is 356 g/mol. The molecule has 5 nitrogen and oxygen atoms in total. The first-order valence-corrected chi connectivity index (χ1v) is 7.21. The molecule has 0 aliphatic carbocycles. The van der Waals surface area contributed by atoms with Crippen molar-refractivity contribution in [3.63, 3.8) is 0 Å².